The van der Waals surface area contributed by atoms with E-state index in [4.69, 9.17) is 21.2 Å². The van der Waals surface area contributed by atoms with Crippen LogP contribution in [0.5, 0.6) is 0 Å². The Balaban J connectivity index is 1.22. The number of likely N-dealkylation sites (tertiary alicyclic amines) is 1. The molecule has 0 spiro atoms. The SMILES string of the molecule is COCCCn1c(C2CCCN(C(=O)CC(N)Cc3ccc(-c4cnc(N)nc4)cc3)C2)nc2c(F)cccc21. The number of piperidine rings is 1. The zero-order valence-electron chi connectivity index (χ0n) is 22.8. The number of hydrogen-bond donors (Lipinski definition) is 2. The number of fused-ring (bicyclic) bond motifs is 1. The molecule has 0 saturated carbocycles. The van der Waals surface area contributed by atoms with Crippen LogP contribution in [0.25, 0.3) is 22.2 Å². The van der Waals surface area contributed by atoms with E-state index >= 15 is 0 Å². The van der Waals surface area contributed by atoms with Crippen LogP contribution in [0.2, 0.25) is 0 Å². The number of aromatic nitrogens is 4. The van der Waals surface area contributed by atoms with Crippen molar-refractivity contribution in [2.24, 2.45) is 5.73 Å². The molecule has 2 atom stereocenters. The van der Waals surface area contributed by atoms with Gasteiger partial charge in [-0.25, -0.2) is 19.3 Å². The summed E-state index contributed by atoms with van der Waals surface area (Å²) in [6, 6.07) is 12.8. The highest BCUT2D eigenvalue weighted by atomic mass is 19.1. The van der Waals surface area contributed by atoms with Crippen LogP contribution in [0.15, 0.2) is 54.9 Å². The minimum atomic E-state index is -0.325. The van der Waals surface area contributed by atoms with Crippen LogP contribution in [0.3, 0.4) is 0 Å². The molecule has 5 rings (SSSR count). The van der Waals surface area contributed by atoms with Gasteiger partial charge in [-0.2, -0.15) is 0 Å². The van der Waals surface area contributed by atoms with Crippen molar-refractivity contribution < 1.29 is 13.9 Å². The molecule has 0 radical (unpaired) electrons. The highest BCUT2D eigenvalue weighted by molar-refractivity contribution is 5.78. The monoisotopic (exact) mass is 545 g/mol. The summed E-state index contributed by atoms with van der Waals surface area (Å²) in [5.41, 5.74) is 16.1. The molecule has 210 valence electrons. The Hall–Kier alpha value is -3.89. The summed E-state index contributed by atoms with van der Waals surface area (Å²) in [6.07, 6.45) is 6.80. The van der Waals surface area contributed by atoms with Crippen LogP contribution in [-0.4, -0.2) is 63.2 Å². The lowest BCUT2D eigenvalue weighted by Crippen LogP contribution is -2.42. The van der Waals surface area contributed by atoms with E-state index < -0.39 is 0 Å². The summed E-state index contributed by atoms with van der Waals surface area (Å²) in [7, 11) is 1.67. The molecule has 2 unspecified atom stereocenters. The maximum Gasteiger partial charge on any atom is 0.224 e. The van der Waals surface area contributed by atoms with Crippen LogP contribution in [0, 0.1) is 5.82 Å². The second-order valence-electron chi connectivity index (χ2n) is 10.4. The zero-order valence-corrected chi connectivity index (χ0v) is 22.8. The number of imidazole rings is 1. The number of hydrogen-bond acceptors (Lipinski definition) is 7. The number of nitrogens with two attached hydrogens (primary N) is 2. The van der Waals surface area contributed by atoms with Gasteiger partial charge < -0.3 is 25.7 Å². The van der Waals surface area contributed by atoms with Crippen LogP contribution >= 0.6 is 0 Å². The van der Waals surface area contributed by atoms with Gasteiger partial charge in [-0.3, -0.25) is 4.79 Å². The number of ether oxygens (including phenoxy) is 1. The Morgan fingerprint density at radius 1 is 1.15 bits per heavy atom. The largest absolute Gasteiger partial charge is 0.385 e. The Morgan fingerprint density at radius 3 is 2.67 bits per heavy atom. The molecule has 9 nitrogen and oxygen atoms in total. The summed E-state index contributed by atoms with van der Waals surface area (Å²) < 4.78 is 21.9. The van der Waals surface area contributed by atoms with Gasteiger partial charge in [0.15, 0.2) is 5.82 Å². The van der Waals surface area contributed by atoms with Crippen molar-refractivity contribution in [3.05, 3.63) is 72.1 Å². The first-order chi connectivity index (χ1) is 19.4. The van der Waals surface area contributed by atoms with Gasteiger partial charge >= 0.3 is 0 Å². The number of carbonyl (C=O) groups excluding carboxylic acids is 1. The molecule has 2 aromatic carbocycles. The molecule has 2 aromatic heterocycles. The molecule has 4 aromatic rings. The number of methoxy groups -OCH3 is 1. The molecule has 3 heterocycles. The van der Waals surface area contributed by atoms with E-state index in [1.165, 1.54) is 6.07 Å². The topological polar surface area (TPSA) is 125 Å². The highest BCUT2D eigenvalue weighted by Crippen LogP contribution is 2.31. The summed E-state index contributed by atoms with van der Waals surface area (Å²) in [6.45, 7) is 2.54. The molecule has 1 fully saturated rings. The number of aryl methyl sites for hydroxylation is 1. The fraction of sp³-hybridized carbons (Fsp3) is 0.400. The van der Waals surface area contributed by atoms with E-state index in [0.29, 0.717) is 38.2 Å². The number of anilines is 1. The third-order valence-electron chi connectivity index (χ3n) is 7.52. The van der Waals surface area contributed by atoms with Gasteiger partial charge in [0.1, 0.15) is 11.3 Å². The summed E-state index contributed by atoms with van der Waals surface area (Å²) in [5.74, 6) is 0.832. The third kappa shape index (κ3) is 6.29. The predicted molar refractivity (Wildman–Crippen MR) is 153 cm³/mol. The lowest BCUT2D eigenvalue weighted by Gasteiger charge is -2.33. The van der Waals surface area contributed by atoms with Crippen molar-refractivity contribution in [3.8, 4) is 11.1 Å². The van der Waals surface area contributed by atoms with Crippen molar-refractivity contribution in [2.75, 3.05) is 32.5 Å². The minimum Gasteiger partial charge on any atom is -0.385 e. The normalized spacial score (nSPS) is 16.4. The maximum atomic E-state index is 14.6. The van der Waals surface area contributed by atoms with Gasteiger partial charge in [-0.15, -0.1) is 0 Å². The van der Waals surface area contributed by atoms with E-state index in [-0.39, 0.29) is 36.1 Å². The van der Waals surface area contributed by atoms with E-state index in [1.54, 1.807) is 25.6 Å². The van der Waals surface area contributed by atoms with Gasteiger partial charge in [-0.05, 0) is 48.9 Å². The number of rotatable bonds is 10. The Labute approximate surface area is 233 Å². The summed E-state index contributed by atoms with van der Waals surface area (Å²) >= 11 is 0. The van der Waals surface area contributed by atoms with Crippen molar-refractivity contribution in [1.82, 2.24) is 24.4 Å². The molecule has 10 heteroatoms. The second-order valence-corrected chi connectivity index (χ2v) is 10.4. The van der Waals surface area contributed by atoms with Crippen LogP contribution in [0.4, 0.5) is 10.3 Å². The average molecular weight is 546 g/mol. The van der Waals surface area contributed by atoms with Crippen molar-refractivity contribution in [3.63, 3.8) is 0 Å². The molecular weight excluding hydrogens is 509 g/mol. The second kappa shape index (κ2) is 12.5. The molecule has 1 amide bonds. The Morgan fingerprint density at radius 2 is 1.93 bits per heavy atom. The molecule has 0 bridgehead atoms. The number of nitrogen functional groups attached to an aromatic ring is 1. The molecule has 1 aliphatic rings. The number of halogens is 1. The van der Waals surface area contributed by atoms with E-state index in [9.17, 15) is 9.18 Å². The van der Waals surface area contributed by atoms with Gasteiger partial charge in [0, 0.05) is 69.7 Å². The number of nitrogens with zero attached hydrogens (tertiary/aromatic N) is 5. The lowest BCUT2D eigenvalue weighted by atomic mass is 9.95. The maximum absolute atomic E-state index is 14.6. The lowest BCUT2D eigenvalue weighted by molar-refractivity contribution is -0.132. The number of para-hydroxylation sites is 1. The fourth-order valence-electron chi connectivity index (χ4n) is 5.51. The Kier molecular flexibility index (Phi) is 8.66. The number of amides is 1. The first kappa shape index (κ1) is 27.7. The molecule has 4 N–H and O–H groups in total. The van der Waals surface area contributed by atoms with E-state index in [2.05, 4.69) is 14.5 Å². The molecular formula is C30H36FN7O2. The first-order valence-electron chi connectivity index (χ1n) is 13.8. The number of carbonyl (C=O) groups is 1. The van der Waals surface area contributed by atoms with Gasteiger partial charge in [0.05, 0.1) is 5.52 Å². The minimum absolute atomic E-state index is 0.0353. The van der Waals surface area contributed by atoms with Crippen molar-refractivity contribution in [1.29, 1.82) is 0 Å². The highest BCUT2D eigenvalue weighted by Gasteiger charge is 2.29. The molecule has 1 aliphatic heterocycles. The number of benzene rings is 2. The van der Waals surface area contributed by atoms with Crippen LogP contribution < -0.4 is 11.5 Å². The molecule has 1 saturated heterocycles. The fourth-order valence-corrected chi connectivity index (χ4v) is 5.51. The van der Waals surface area contributed by atoms with Crippen LogP contribution in [-0.2, 0) is 22.5 Å². The third-order valence-corrected chi connectivity index (χ3v) is 7.52. The molecule has 0 aliphatic carbocycles. The predicted octanol–water partition coefficient (Wildman–Crippen LogP) is 3.92. The smallest absolute Gasteiger partial charge is 0.224 e. The standard InChI is InChI=1S/C30H36FN7O2/c1-40-14-4-13-38-26-7-2-6-25(31)28(26)36-29(38)22-5-3-12-37(19-22)27(39)16-24(32)15-20-8-10-21(11-9-20)23-17-34-30(33)35-18-23/h2,6-11,17-18,22,24H,3-5,12-16,19,32H2,1H3,(H2,33,34,35). The van der Waals surface area contributed by atoms with Gasteiger partial charge in [0.2, 0.25) is 11.9 Å². The quantitative estimate of drug-likeness (QED) is 0.289. The summed E-state index contributed by atoms with van der Waals surface area (Å²) in [4.78, 5) is 28.0. The molecule has 40 heavy (non-hydrogen) atoms. The average Bonchev–Trinajstić information content (AvgIpc) is 3.34. The zero-order chi connectivity index (χ0) is 28.1. The van der Waals surface area contributed by atoms with Crippen molar-refractivity contribution >= 4 is 22.9 Å². The van der Waals surface area contributed by atoms with Gasteiger partial charge in [-0.1, -0.05) is 30.3 Å². The van der Waals surface area contributed by atoms with Crippen LogP contribution in [0.1, 0.15) is 43.0 Å². The van der Waals surface area contributed by atoms with E-state index in [1.807, 2.05) is 35.2 Å². The van der Waals surface area contributed by atoms with E-state index in [0.717, 1.165) is 47.3 Å². The Bertz CT molecular complexity index is 1440. The summed E-state index contributed by atoms with van der Waals surface area (Å²) in [5, 5.41) is 0. The van der Waals surface area contributed by atoms with Gasteiger partial charge in [0.25, 0.3) is 0 Å². The van der Waals surface area contributed by atoms with Crippen molar-refractivity contribution in [2.45, 2.75) is 50.6 Å². The first-order valence-corrected chi connectivity index (χ1v) is 13.8.